The first kappa shape index (κ1) is 26.1. The van der Waals surface area contributed by atoms with E-state index < -0.39 is 33.1 Å². The van der Waals surface area contributed by atoms with Crippen LogP contribution in [0.3, 0.4) is 0 Å². The number of aryl methyl sites for hydroxylation is 1. The van der Waals surface area contributed by atoms with E-state index >= 15 is 0 Å². The Balaban J connectivity index is 1.66. The van der Waals surface area contributed by atoms with Gasteiger partial charge in [0.05, 0.1) is 11.2 Å². The van der Waals surface area contributed by atoms with E-state index in [1.807, 2.05) is 13.8 Å². The van der Waals surface area contributed by atoms with E-state index in [9.17, 15) is 27.5 Å². The van der Waals surface area contributed by atoms with E-state index in [2.05, 4.69) is 15.0 Å². The fourth-order valence-corrected chi connectivity index (χ4v) is 5.49. The van der Waals surface area contributed by atoms with Crippen LogP contribution in [0.25, 0.3) is 10.9 Å². The van der Waals surface area contributed by atoms with Crippen molar-refractivity contribution in [3.05, 3.63) is 94.0 Å². The van der Waals surface area contributed by atoms with Gasteiger partial charge in [0.15, 0.2) is 5.84 Å². The number of nitrogens with one attached hydrogen (secondary N) is 2. The van der Waals surface area contributed by atoms with Gasteiger partial charge in [-0.05, 0) is 66.9 Å². The van der Waals surface area contributed by atoms with Crippen molar-refractivity contribution in [1.29, 1.82) is 0 Å². The van der Waals surface area contributed by atoms with Crippen LogP contribution in [0.15, 0.2) is 80.8 Å². The lowest BCUT2D eigenvalue weighted by atomic mass is 10.1. The molecule has 5 rings (SSSR count). The number of amides is 1. The lowest BCUT2D eigenvalue weighted by Crippen LogP contribution is -2.33. The highest BCUT2D eigenvalue weighted by molar-refractivity contribution is 7.90. The van der Waals surface area contributed by atoms with Gasteiger partial charge in [0.25, 0.3) is 21.5 Å². The Morgan fingerprint density at radius 3 is 2.54 bits per heavy atom. The minimum Gasteiger partial charge on any atom is -0.506 e. The van der Waals surface area contributed by atoms with Gasteiger partial charge >= 0.3 is 0 Å². The lowest BCUT2D eigenvalue weighted by molar-refractivity contribution is 0.102. The third-order valence-corrected chi connectivity index (χ3v) is 7.73. The van der Waals surface area contributed by atoms with E-state index in [1.165, 1.54) is 41.0 Å². The molecule has 3 aromatic carbocycles. The summed E-state index contributed by atoms with van der Waals surface area (Å²) >= 11 is 0. The van der Waals surface area contributed by atoms with Crippen LogP contribution in [0, 0.1) is 11.7 Å². The molecule has 1 aliphatic heterocycles. The summed E-state index contributed by atoms with van der Waals surface area (Å²) in [6.07, 6.45) is 0.642. The number of carbonyl (C=O) groups excluding carboxylic acids is 1. The molecule has 1 aromatic heterocycles. The van der Waals surface area contributed by atoms with E-state index in [4.69, 9.17) is 0 Å². The molecule has 0 aliphatic carbocycles. The molecule has 0 atom stereocenters. The number of sulfonamides is 1. The number of aromatic hydroxyl groups is 1. The highest BCUT2D eigenvalue weighted by Crippen LogP contribution is 2.33. The number of hydrogen-bond donors (Lipinski definition) is 3. The van der Waals surface area contributed by atoms with Crippen LogP contribution in [-0.2, 0) is 16.6 Å². The molecular formula is C28H25FN4O5S. The minimum absolute atomic E-state index is 0.0417. The molecule has 0 fully saturated rings. The largest absolute Gasteiger partial charge is 0.506 e. The third kappa shape index (κ3) is 5.00. The Bertz CT molecular complexity index is 1810. The molecule has 39 heavy (non-hydrogen) atoms. The number of nitrogens with zero attached hydrogens (tertiary/aromatic N) is 2. The quantitative estimate of drug-likeness (QED) is 0.320. The van der Waals surface area contributed by atoms with Gasteiger partial charge in [0.2, 0.25) is 0 Å². The number of aromatic nitrogens is 1. The Hall–Kier alpha value is -4.51. The van der Waals surface area contributed by atoms with Gasteiger partial charge in [-0.15, -0.1) is 4.40 Å². The number of hydrogen-bond acceptors (Lipinski definition) is 6. The topological polar surface area (TPSA) is 130 Å². The molecule has 0 saturated carbocycles. The standard InChI is InChI=1S/C28H25FN4O5S/c1-16(2)13-14-33-22-12-11-19(30-27(35)17-7-9-18(29)10-8-17)15-20(22)25(34)24(28(33)36)26-31-21-5-3-4-6-23(21)39(37,38)32-26/h3-12,15-16,34H,13-14H2,1-2H3,(H,30,35)(H,31,32). The number of fused-ring (bicyclic) bond motifs is 2. The Kier molecular flexibility index (Phi) is 6.69. The number of amidine groups is 1. The summed E-state index contributed by atoms with van der Waals surface area (Å²) in [5.74, 6) is -1.48. The second-order valence-corrected chi connectivity index (χ2v) is 11.2. The molecule has 0 unspecified atom stereocenters. The highest BCUT2D eigenvalue weighted by atomic mass is 32.2. The maximum atomic E-state index is 13.7. The Labute approximate surface area is 223 Å². The molecule has 0 saturated heterocycles. The van der Waals surface area contributed by atoms with Crippen LogP contribution in [0.5, 0.6) is 5.75 Å². The van der Waals surface area contributed by atoms with Gasteiger partial charge in [0, 0.05) is 23.2 Å². The monoisotopic (exact) mass is 548 g/mol. The Morgan fingerprint density at radius 2 is 1.82 bits per heavy atom. The summed E-state index contributed by atoms with van der Waals surface area (Å²) in [6.45, 7) is 4.32. The van der Waals surface area contributed by atoms with Gasteiger partial charge in [-0.1, -0.05) is 26.0 Å². The first-order chi connectivity index (χ1) is 18.5. The van der Waals surface area contributed by atoms with Crippen molar-refractivity contribution in [2.45, 2.75) is 31.7 Å². The highest BCUT2D eigenvalue weighted by Gasteiger charge is 2.29. The van der Waals surface area contributed by atoms with Gasteiger partial charge in [-0.2, -0.15) is 8.42 Å². The number of carbonyl (C=O) groups is 1. The first-order valence-corrected chi connectivity index (χ1v) is 13.7. The smallest absolute Gasteiger partial charge is 0.286 e. The summed E-state index contributed by atoms with van der Waals surface area (Å²) < 4.78 is 44.3. The van der Waals surface area contributed by atoms with Gasteiger partial charge in [-0.3, -0.25) is 9.59 Å². The zero-order valence-electron chi connectivity index (χ0n) is 21.1. The van der Waals surface area contributed by atoms with Crippen molar-refractivity contribution in [3.8, 4) is 5.75 Å². The van der Waals surface area contributed by atoms with Crippen molar-refractivity contribution in [2.24, 2.45) is 10.3 Å². The van der Waals surface area contributed by atoms with E-state index in [-0.39, 0.29) is 38.8 Å². The predicted molar refractivity (Wildman–Crippen MR) is 147 cm³/mol. The van der Waals surface area contributed by atoms with Crippen LogP contribution in [0.2, 0.25) is 0 Å². The summed E-state index contributed by atoms with van der Waals surface area (Å²) in [5.41, 5.74) is 0.268. The summed E-state index contributed by atoms with van der Waals surface area (Å²) in [5, 5.41) is 17.1. The fourth-order valence-electron chi connectivity index (χ4n) is 4.37. The van der Waals surface area contributed by atoms with Crippen molar-refractivity contribution < 1.29 is 22.7 Å². The normalized spacial score (nSPS) is 14.0. The lowest BCUT2D eigenvalue weighted by Gasteiger charge is -2.21. The van der Waals surface area contributed by atoms with Crippen LogP contribution in [-0.4, -0.2) is 29.8 Å². The number of halogens is 1. The number of benzene rings is 3. The molecular weight excluding hydrogens is 523 g/mol. The zero-order valence-corrected chi connectivity index (χ0v) is 21.9. The fraction of sp³-hybridized carbons (Fsp3) is 0.179. The third-order valence-electron chi connectivity index (χ3n) is 6.40. The van der Waals surface area contributed by atoms with Crippen LogP contribution >= 0.6 is 0 Å². The molecule has 0 bridgehead atoms. The zero-order chi connectivity index (χ0) is 27.9. The second kappa shape index (κ2) is 9.99. The van der Waals surface area contributed by atoms with E-state index in [0.717, 1.165) is 0 Å². The molecule has 4 aromatic rings. The van der Waals surface area contributed by atoms with Crippen LogP contribution in [0.1, 0.15) is 36.2 Å². The molecule has 0 radical (unpaired) electrons. The first-order valence-electron chi connectivity index (χ1n) is 12.2. The molecule has 1 amide bonds. The molecule has 3 N–H and O–H groups in total. The predicted octanol–water partition coefficient (Wildman–Crippen LogP) is 4.71. The molecule has 1 aliphatic rings. The van der Waals surface area contributed by atoms with Crippen molar-refractivity contribution in [3.63, 3.8) is 0 Å². The van der Waals surface area contributed by atoms with Crippen molar-refractivity contribution >= 4 is 44.0 Å². The van der Waals surface area contributed by atoms with E-state index in [0.29, 0.717) is 24.2 Å². The number of rotatable bonds is 6. The number of pyridine rings is 1. The van der Waals surface area contributed by atoms with Crippen molar-refractivity contribution in [1.82, 2.24) is 4.57 Å². The summed E-state index contributed by atoms with van der Waals surface area (Å²) in [7, 11) is -4.14. The van der Waals surface area contributed by atoms with E-state index in [1.54, 1.807) is 30.3 Å². The molecule has 0 spiro atoms. The SMILES string of the molecule is CC(C)CCn1c(=O)c(C2=NS(=O)(=O)c3ccccc3N2)c(O)c2cc(NC(=O)c3ccc(F)cc3)ccc21. The molecule has 200 valence electrons. The summed E-state index contributed by atoms with van der Waals surface area (Å²) in [4.78, 5) is 26.4. The van der Waals surface area contributed by atoms with Gasteiger partial charge in [-0.25, -0.2) is 4.39 Å². The molecule has 9 nitrogen and oxygen atoms in total. The average molecular weight is 549 g/mol. The molecule has 2 heterocycles. The minimum atomic E-state index is -4.14. The average Bonchev–Trinajstić information content (AvgIpc) is 2.89. The Morgan fingerprint density at radius 1 is 1.10 bits per heavy atom. The number of anilines is 2. The summed E-state index contributed by atoms with van der Waals surface area (Å²) in [6, 6.07) is 15.9. The van der Waals surface area contributed by atoms with Crippen LogP contribution in [0.4, 0.5) is 15.8 Å². The van der Waals surface area contributed by atoms with Gasteiger partial charge < -0.3 is 20.3 Å². The van der Waals surface area contributed by atoms with Crippen LogP contribution < -0.4 is 16.2 Å². The maximum Gasteiger partial charge on any atom is 0.286 e. The maximum absolute atomic E-state index is 13.7. The van der Waals surface area contributed by atoms with Gasteiger partial charge in [0.1, 0.15) is 22.0 Å². The number of para-hydroxylation sites is 1. The van der Waals surface area contributed by atoms with Crippen molar-refractivity contribution in [2.75, 3.05) is 10.6 Å². The molecule has 11 heteroatoms. The second-order valence-electron chi connectivity index (χ2n) is 9.59.